The van der Waals surface area contributed by atoms with Gasteiger partial charge in [0.05, 0.1) is 11.5 Å². The molecule has 1 aliphatic rings. The molecular weight excluding hydrogens is 305 g/mol. The predicted octanol–water partition coefficient (Wildman–Crippen LogP) is 5.38. The highest BCUT2D eigenvalue weighted by Crippen LogP contribution is 2.37. The van der Waals surface area contributed by atoms with Gasteiger partial charge >= 0.3 is 0 Å². The Hall–Kier alpha value is -0.880. The van der Waals surface area contributed by atoms with E-state index in [0.717, 1.165) is 30.2 Å². The highest BCUT2D eigenvalue weighted by atomic mass is 79.9. The highest BCUT2D eigenvalue weighted by molar-refractivity contribution is 9.10. The standard InChI is InChI=1S/C16H19BrFN/c17-14-7-6-13(15(18)10-14)11-16(12-19)8-4-2-1-3-5-9-16/h6-7,10H,1-5,8-9,11H2. The largest absolute Gasteiger partial charge is 0.207 e. The van der Waals surface area contributed by atoms with Crippen LogP contribution in [0.1, 0.15) is 50.5 Å². The van der Waals surface area contributed by atoms with Crippen LogP contribution < -0.4 is 0 Å². The van der Waals surface area contributed by atoms with Gasteiger partial charge in [-0.15, -0.1) is 0 Å². The summed E-state index contributed by atoms with van der Waals surface area (Å²) in [6.45, 7) is 0. The molecule has 0 saturated heterocycles. The summed E-state index contributed by atoms with van der Waals surface area (Å²) < 4.78 is 14.7. The second-order valence-corrected chi connectivity index (χ2v) is 6.49. The molecule has 0 aliphatic heterocycles. The fourth-order valence-corrected chi connectivity index (χ4v) is 3.27. The summed E-state index contributed by atoms with van der Waals surface area (Å²) in [5, 5.41) is 9.58. The van der Waals surface area contributed by atoms with Crippen molar-refractivity contribution in [3.05, 3.63) is 34.1 Å². The Morgan fingerprint density at radius 2 is 1.79 bits per heavy atom. The third-order valence-corrected chi connectivity index (χ3v) is 4.59. The summed E-state index contributed by atoms with van der Waals surface area (Å²) in [5.74, 6) is -0.203. The van der Waals surface area contributed by atoms with Crippen LogP contribution in [-0.2, 0) is 6.42 Å². The van der Waals surface area contributed by atoms with E-state index in [4.69, 9.17) is 0 Å². The zero-order valence-electron chi connectivity index (χ0n) is 11.1. The Labute approximate surface area is 123 Å². The molecule has 1 fully saturated rings. The van der Waals surface area contributed by atoms with E-state index >= 15 is 0 Å². The first-order valence-corrected chi connectivity index (χ1v) is 7.80. The van der Waals surface area contributed by atoms with Crippen LogP contribution in [0.15, 0.2) is 22.7 Å². The molecule has 0 heterocycles. The Morgan fingerprint density at radius 1 is 1.16 bits per heavy atom. The van der Waals surface area contributed by atoms with Crippen LogP contribution in [0.2, 0.25) is 0 Å². The molecule has 1 nitrogen and oxygen atoms in total. The maximum absolute atomic E-state index is 14.0. The molecule has 0 atom stereocenters. The smallest absolute Gasteiger partial charge is 0.127 e. The van der Waals surface area contributed by atoms with Crippen LogP contribution in [-0.4, -0.2) is 0 Å². The van der Waals surface area contributed by atoms with Crippen molar-refractivity contribution in [1.29, 1.82) is 5.26 Å². The Kier molecular flexibility index (Phi) is 4.99. The number of rotatable bonds is 2. The van der Waals surface area contributed by atoms with Crippen molar-refractivity contribution in [2.75, 3.05) is 0 Å². The van der Waals surface area contributed by atoms with E-state index in [1.807, 2.05) is 6.07 Å². The average Bonchev–Trinajstić information content (AvgIpc) is 2.36. The average molecular weight is 324 g/mol. The minimum atomic E-state index is -0.366. The van der Waals surface area contributed by atoms with Gasteiger partial charge in [0.25, 0.3) is 0 Å². The molecule has 102 valence electrons. The van der Waals surface area contributed by atoms with Crippen molar-refractivity contribution in [2.24, 2.45) is 5.41 Å². The molecule has 1 saturated carbocycles. The van der Waals surface area contributed by atoms with Crippen molar-refractivity contribution < 1.29 is 4.39 Å². The molecule has 0 aromatic heterocycles. The molecule has 0 unspecified atom stereocenters. The second kappa shape index (κ2) is 6.52. The lowest BCUT2D eigenvalue weighted by Crippen LogP contribution is -2.23. The zero-order valence-corrected chi connectivity index (χ0v) is 12.7. The summed E-state index contributed by atoms with van der Waals surface area (Å²) in [7, 11) is 0. The molecule has 19 heavy (non-hydrogen) atoms. The first kappa shape index (κ1) is 14.5. The van der Waals surface area contributed by atoms with Crippen LogP contribution in [0.4, 0.5) is 4.39 Å². The van der Waals surface area contributed by atoms with Gasteiger partial charge in [0.2, 0.25) is 0 Å². The third-order valence-electron chi connectivity index (χ3n) is 4.09. The Morgan fingerprint density at radius 3 is 2.37 bits per heavy atom. The monoisotopic (exact) mass is 323 g/mol. The lowest BCUT2D eigenvalue weighted by molar-refractivity contribution is 0.284. The SMILES string of the molecule is N#CC1(Cc2ccc(Br)cc2F)CCCCCCC1. The van der Waals surface area contributed by atoms with E-state index in [2.05, 4.69) is 22.0 Å². The molecular formula is C16H19BrFN. The topological polar surface area (TPSA) is 23.8 Å². The van der Waals surface area contributed by atoms with Crippen molar-refractivity contribution >= 4 is 15.9 Å². The minimum absolute atomic E-state index is 0.203. The van der Waals surface area contributed by atoms with Gasteiger partial charge in [0, 0.05) is 4.47 Å². The molecule has 0 bridgehead atoms. The summed E-state index contributed by atoms with van der Waals surface area (Å²) in [6, 6.07) is 7.64. The fourth-order valence-electron chi connectivity index (χ4n) is 2.94. The van der Waals surface area contributed by atoms with Gasteiger partial charge in [-0.1, -0.05) is 54.1 Å². The van der Waals surface area contributed by atoms with Crippen LogP contribution >= 0.6 is 15.9 Å². The van der Waals surface area contributed by atoms with Gasteiger partial charge in [-0.05, 0) is 37.0 Å². The number of hydrogen-bond donors (Lipinski definition) is 0. The number of nitrogens with zero attached hydrogens (tertiary/aromatic N) is 1. The summed E-state index contributed by atoms with van der Waals surface area (Å²) in [5.41, 5.74) is 0.306. The molecule has 0 spiro atoms. The van der Waals surface area contributed by atoms with Gasteiger partial charge in [0.15, 0.2) is 0 Å². The maximum Gasteiger partial charge on any atom is 0.127 e. The molecule has 3 heteroatoms. The number of nitriles is 1. The zero-order chi connectivity index (χ0) is 13.7. The summed E-state index contributed by atoms with van der Waals surface area (Å²) in [6.07, 6.45) is 8.20. The lowest BCUT2D eigenvalue weighted by Gasteiger charge is -2.29. The first-order valence-electron chi connectivity index (χ1n) is 7.00. The van der Waals surface area contributed by atoms with Crippen molar-refractivity contribution in [3.63, 3.8) is 0 Å². The van der Waals surface area contributed by atoms with E-state index < -0.39 is 0 Å². The quantitative estimate of drug-likeness (QED) is 0.716. The lowest BCUT2D eigenvalue weighted by atomic mass is 9.73. The Balaban J connectivity index is 2.19. The molecule has 2 rings (SSSR count). The van der Waals surface area contributed by atoms with Crippen LogP contribution in [0.5, 0.6) is 0 Å². The van der Waals surface area contributed by atoms with Crippen LogP contribution in [0.25, 0.3) is 0 Å². The van der Waals surface area contributed by atoms with Gasteiger partial charge in [0.1, 0.15) is 5.82 Å². The fraction of sp³-hybridized carbons (Fsp3) is 0.562. The number of benzene rings is 1. The van der Waals surface area contributed by atoms with Crippen molar-refractivity contribution in [1.82, 2.24) is 0 Å². The van der Waals surface area contributed by atoms with E-state index in [9.17, 15) is 9.65 Å². The molecule has 0 radical (unpaired) electrons. The number of hydrogen-bond acceptors (Lipinski definition) is 1. The van der Waals surface area contributed by atoms with Gasteiger partial charge in [-0.2, -0.15) is 5.26 Å². The van der Waals surface area contributed by atoms with Crippen LogP contribution in [0, 0.1) is 22.6 Å². The number of halogens is 2. The van der Waals surface area contributed by atoms with E-state index in [1.54, 1.807) is 6.07 Å². The van der Waals surface area contributed by atoms with Gasteiger partial charge in [-0.25, -0.2) is 4.39 Å². The summed E-state index contributed by atoms with van der Waals surface area (Å²) >= 11 is 3.27. The maximum atomic E-state index is 14.0. The van der Waals surface area contributed by atoms with E-state index in [1.165, 1.54) is 25.3 Å². The van der Waals surface area contributed by atoms with E-state index in [0.29, 0.717) is 12.0 Å². The molecule has 0 N–H and O–H groups in total. The minimum Gasteiger partial charge on any atom is -0.207 e. The van der Waals surface area contributed by atoms with E-state index in [-0.39, 0.29) is 11.2 Å². The Bertz CT molecular complexity index is 470. The third kappa shape index (κ3) is 3.79. The predicted molar refractivity (Wildman–Crippen MR) is 78.2 cm³/mol. The van der Waals surface area contributed by atoms with Gasteiger partial charge < -0.3 is 0 Å². The molecule has 1 aromatic carbocycles. The summed E-state index contributed by atoms with van der Waals surface area (Å²) in [4.78, 5) is 0. The molecule has 1 aromatic rings. The van der Waals surface area contributed by atoms with Crippen LogP contribution in [0.3, 0.4) is 0 Å². The second-order valence-electron chi connectivity index (χ2n) is 5.57. The molecule has 0 amide bonds. The van der Waals surface area contributed by atoms with Gasteiger partial charge in [-0.3, -0.25) is 0 Å². The molecule has 1 aliphatic carbocycles. The van der Waals surface area contributed by atoms with Crippen molar-refractivity contribution in [3.8, 4) is 6.07 Å². The highest BCUT2D eigenvalue weighted by Gasteiger charge is 2.31. The normalized spacial score (nSPS) is 19.2. The first-order chi connectivity index (χ1) is 9.15. The van der Waals surface area contributed by atoms with Crippen molar-refractivity contribution in [2.45, 2.75) is 51.4 Å².